The van der Waals surface area contributed by atoms with Gasteiger partial charge < -0.3 is 14.4 Å². The summed E-state index contributed by atoms with van der Waals surface area (Å²) in [6, 6.07) is 3.31. The van der Waals surface area contributed by atoms with E-state index in [2.05, 4.69) is 25.0 Å². The Kier molecular flexibility index (Phi) is 5.64. The van der Waals surface area contributed by atoms with Gasteiger partial charge in [0.25, 0.3) is 5.89 Å². The third-order valence-corrected chi connectivity index (χ3v) is 5.49. The summed E-state index contributed by atoms with van der Waals surface area (Å²) in [7, 11) is 1.53. The molecule has 0 bridgehead atoms. The molecule has 0 radical (unpaired) electrons. The third-order valence-electron chi connectivity index (χ3n) is 5.14. The second-order valence-electron chi connectivity index (χ2n) is 7.17. The normalized spacial score (nSPS) is 15.6. The average Bonchev–Trinajstić information content (AvgIpc) is 3.21. The van der Waals surface area contributed by atoms with Gasteiger partial charge in [-0.05, 0) is 44.5 Å². The summed E-state index contributed by atoms with van der Waals surface area (Å²) >= 11 is 6.29. The Morgan fingerprint density at radius 2 is 2.03 bits per heavy atom. The highest BCUT2D eigenvalue weighted by molar-refractivity contribution is 6.31. The molecule has 1 N–H and O–H groups in total. The van der Waals surface area contributed by atoms with Crippen LogP contribution in [-0.2, 0) is 6.54 Å². The number of phenols is 1. The van der Waals surface area contributed by atoms with E-state index in [-0.39, 0.29) is 11.7 Å². The van der Waals surface area contributed by atoms with Gasteiger partial charge in [0, 0.05) is 29.7 Å². The van der Waals surface area contributed by atoms with Gasteiger partial charge in [0.2, 0.25) is 0 Å². The number of ether oxygens (including phenoxy) is 1. The van der Waals surface area contributed by atoms with Crippen LogP contribution in [0, 0.1) is 6.92 Å². The maximum absolute atomic E-state index is 9.83. The van der Waals surface area contributed by atoms with Crippen molar-refractivity contribution in [2.24, 2.45) is 0 Å². The van der Waals surface area contributed by atoms with Crippen molar-refractivity contribution in [3.8, 4) is 23.1 Å². The highest BCUT2D eigenvalue weighted by Gasteiger charge is 2.26. The number of phenolic OH excluding ortho intramolecular Hbond substituents is 1. The van der Waals surface area contributed by atoms with Gasteiger partial charge in [-0.1, -0.05) is 16.8 Å². The van der Waals surface area contributed by atoms with Crippen molar-refractivity contribution >= 4 is 11.6 Å². The molecule has 1 fully saturated rings. The monoisotopic (exact) mass is 415 g/mol. The fraction of sp³-hybridized carbons (Fsp3) is 0.400. The predicted octanol–water partition coefficient (Wildman–Crippen LogP) is 3.58. The second kappa shape index (κ2) is 8.34. The van der Waals surface area contributed by atoms with Gasteiger partial charge in [0.05, 0.1) is 19.0 Å². The highest BCUT2D eigenvalue weighted by atomic mass is 35.5. The Bertz CT molecular complexity index is 984. The lowest BCUT2D eigenvalue weighted by Crippen LogP contribution is -2.32. The minimum Gasteiger partial charge on any atom is -0.504 e. The summed E-state index contributed by atoms with van der Waals surface area (Å²) < 4.78 is 10.6. The van der Waals surface area contributed by atoms with Crippen LogP contribution in [0.2, 0.25) is 5.02 Å². The van der Waals surface area contributed by atoms with Crippen LogP contribution in [0.1, 0.15) is 35.8 Å². The molecule has 0 aliphatic carbocycles. The maximum atomic E-state index is 9.83. The molecule has 0 atom stereocenters. The molecule has 9 heteroatoms. The lowest BCUT2D eigenvalue weighted by molar-refractivity contribution is 0.200. The molecule has 0 amide bonds. The Hall–Kier alpha value is -2.71. The molecule has 3 aromatic rings. The standard InChI is InChI=1S/C20H22ClN5O3/c1-12-9-23-16(10-22-12)20-24-19(25-29-20)13-3-5-26(6-4-13)11-14-7-18(28-2)17(27)8-15(14)21/h7-10,13,27H,3-6,11H2,1-2H3. The summed E-state index contributed by atoms with van der Waals surface area (Å²) in [5.41, 5.74) is 2.36. The fourth-order valence-corrected chi connectivity index (χ4v) is 3.69. The van der Waals surface area contributed by atoms with Gasteiger partial charge in [0.1, 0.15) is 5.69 Å². The van der Waals surface area contributed by atoms with Crippen molar-refractivity contribution < 1.29 is 14.4 Å². The lowest BCUT2D eigenvalue weighted by Gasteiger charge is -2.30. The molecular formula is C20H22ClN5O3. The summed E-state index contributed by atoms with van der Waals surface area (Å²) in [4.78, 5) is 15.4. The first-order valence-corrected chi connectivity index (χ1v) is 9.81. The number of aryl methyl sites for hydroxylation is 1. The maximum Gasteiger partial charge on any atom is 0.278 e. The number of piperidine rings is 1. The molecule has 152 valence electrons. The van der Waals surface area contributed by atoms with Crippen LogP contribution in [0.4, 0.5) is 0 Å². The lowest BCUT2D eigenvalue weighted by atomic mass is 9.96. The number of rotatable bonds is 5. The zero-order valence-corrected chi connectivity index (χ0v) is 17.1. The van der Waals surface area contributed by atoms with E-state index in [0.29, 0.717) is 34.7 Å². The van der Waals surface area contributed by atoms with Crippen LogP contribution < -0.4 is 4.74 Å². The predicted molar refractivity (Wildman–Crippen MR) is 107 cm³/mol. The van der Waals surface area contributed by atoms with Gasteiger partial charge in [-0.3, -0.25) is 9.88 Å². The smallest absolute Gasteiger partial charge is 0.278 e. The zero-order chi connectivity index (χ0) is 20.4. The first-order chi connectivity index (χ1) is 14.0. The molecule has 1 aromatic carbocycles. The first kappa shape index (κ1) is 19.6. The van der Waals surface area contributed by atoms with E-state index in [1.54, 1.807) is 18.5 Å². The van der Waals surface area contributed by atoms with E-state index in [1.807, 2.05) is 6.92 Å². The largest absolute Gasteiger partial charge is 0.504 e. The molecule has 0 saturated carbocycles. The minimum absolute atomic E-state index is 0.0473. The molecule has 3 heterocycles. The van der Waals surface area contributed by atoms with E-state index >= 15 is 0 Å². The van der Waals surface area contributed by atoms with Gasteiger partial charge >= 0.3 is 0 Å². The van der Waals surface area contributed by atoms with Crippen LogP contribution in [0.25, 0.3) is 11.6 Å². The molecule has 1 aliphatic heterocycles. The number of nitrogens with zero attached hydrogens (tertiary/aromatic N) is 5. The minimum atomic E-state index is 0.0473. The third kappa shape index (κ3) is 4.33. The average molecular weight is 416 g/mol. The first-order valence-electron chi connectivity index (χ1n) is 9.44. The Morgan fingerprint density at radius 3 is 2.72 bits per heavy atom. The zero-order valence-electron chi connectivity index (χ0n) is 16.3. The quantitative estimate of drug-likeness (QED) is 0.675. The van der Waals surface area contributed by atoms with Gasteiger partial charge in [-0.2, -0.15) is 4.98 Å². The number of aromatic nitrogens is 4. The number of benzene rings is 1. The molecule has 0 spiro atoms. The molecule has 4 rings (SSSR count). The van der Waals surface area contributed by atoms with Crippen LogP contribution in [0.15, 0.2) is 29.0 Å². The summed E-state index contributed by atoms with van der Waals surface area (Å²) in [5.74, 6) is 1.83. The molecule has 29 heavy (non-hydrogen) atoms. The Morgan fingerprint density at radius 1 is 1.24 bits per heavy atom. The van der Waals surface area contributed by atoms with Crippen LogP contribution >= 0.6 is 11.6 Å². The van der Waals surface area contributed by atoms with Crippen LogP contribution in [-0.4, -0.2) is 50.3 Å². The summed E-state index contributed by atoms with van der Waals surface area (Å²) in [6.45, 7) is 4.35. The molecule has 0 unspecified atom stereocenters. The van der Waals surface area contributed by atoms with Crippen LogP contribution in [0.5, 0.6) is 11.5 Å². The number of halogens is 1. The topological polar surface area (TPSA) is 97.4 Å². The summed E-state index contributed by atoms with van der Waals surface area (Å²) in [6.07, 6.45) is 5.17. The fourth-order valence-electron chi connectivity index (χ4n) is 3.47. The number of methoxy groups -OCH3 is 1. The van der Waals surface area contributed by atoms with Crippen molar-refractivity contribution in [1.29, 1.82) is 0 Å². The van der Waals surface area contributed by atoms with Crippen molar-refractivity contribution in [3.05, 3.63) is 46.6 Å². The van der Waals surface area contributed by atoms with E-state index in [0.717, 1.165) is 37.2 Å². The van der Waals surface area contributed by atoms with Crippen molar-refractivity contribution in [3.63, 3.8) is 0 Å². The second-order valence-corrected chi connectivity index (χ2v) is 7.57. The SMILES string of the molecule is COc1cc(CN2CCC(c3noc(-c4cnc(C)cn4)n3)CC2)c(Cl)cc1O. The summed E-state index contributed by atoms with van der Waals surface area (Å²) in [5, 5.41) is 14.5. The van der Waals surface area contributed by atoms with E-state index < -0.39 is 0 Å². The van der Waals surface area contributed by atoms with Crippen molar-refractivity contribution in [1.82, 2.24) is 25.0 Å². The van der Waals surface area contributed by atoms with Crippen LogP contribution in [0.3, 0.4) is 0 Å². The van der Waals surface area contributed by atoms with E-state index in [1.165, 1.54) is 13.2 Å². The van der Waals surface area contributed by atoms with Gasteiger partial charge in [-0.15, -0.1) is 0 Å². The Labute approximate surface area is 173 Å². The number of likely N-dealkylation sites (tertiary alicyclic amines) is 1. The highest BCUT2D eigenvalue weighted by Crippen LogP contribution is 2.34. The van der Waals surface area contributed by atoms with Crippen molar-refractivity contribution in [2.75, 3.05) is 20.2 Å². The van der Waals surface area contributed by atoms with Gasteiger partial charge in [-0.25, -0.2) is 4.98 Å². The van der Waals surface area contributed by atoms with Gasteiger partial charge in [0.15, 0.2) is 17.3 Å². The van der Waals surface area contributed by atoms with E-state index in [9.17, 15) is 5.11 Å². The van der Waals surface area contributed by atoms with Crippen molar-refractivity contribution in [2.45, 2.75) is 32.2 Å². The number of hydrogen-bond donors (Lipinski definition) is 1. The molecule has 1 aliphatic rings. The number of hydrogen-bond acceptors (Lipinski definition) is 8. The number of aromatic hydroxyl groups is 1. The molecule has 8 nitrogen and oxygen atoms in total. The van der Waals surface area contributed by atoms with E-state index in [4.69, 9.17) is 20.9 Å². The molecule has 2 aromatic heterocycles. The molecule has 1 saturated heterocycles. The Balaban J connectivity index is 1.38. The molecular weight excluding hydrogens is 394 g/mol.